The molecule has 1 aromatic carbocycles. The van der Waals surface area contributed by atoms with Crippen molar-refractivity contribution in [1.29, 1.82) is 5.26 Å². The van der Waals surface area contributed by atoms with Gasteiger partial charge in [-0.1, -0.05) is 19.9 Å². The molecule has 4 rings (SSSR count). The van der Waals surface area contributed by atoms with E-state index in [-0.39, 0.29) is 17.7 Å². The average Bonchev–Trinajstić information content (AvgIpc) is 3.03. The molecule has 1 aliphatic carbocycles. The number of nitrogens with one attached hydrogen (secondary N) is 1. The van der Waals surface area contributed by atoms with Crippen molar-refractivity contribution in [2.75, 3.05) is 5.32 Å². The van der Waals surface area contributed by atoms with Gasteiger partial charge in [0.1, 0.15) is 0 Å². The van der Waals surface area contributed by atoms with Crippen molar-refractivity contribution in [2.45, 2.75) is 45.1 Å². The topological polar surface area (TPSA) is 83.6 Å². The van der Waals surface area contributed by atoms with Crippen molar-refractivity contribution < 1.29 is 4.79 Å². The van der Waals surface area contributed by atoms with E-state index >= 15 is 0 Å². The van der Waals surface area contributed by atoms with Crippen LogP contribution in [0.25, 0.3) is 11.0 Å². The molecule has 3 aromatic rings. The van der Waals surface area contributed by atoms with Gasteiger partial charge in [-0.15, -0.1) is 0 Å². The summed E-state index contributed by atoms with van der Waals surface area (Å²) in [5, 5.41) is 12.3. The predicted octanol–water partition coefficient (Wildman–Crippen LogP) is 4.41. The lowest BCUT2D eigenvalue weighted by molar-refractivity contribution is -0.120. The molecule has 0 unspecified atom stereocenters. The fourth-order valence-corrected chi connectivity index (χ4v) is 3.62. The van der Waals surface area contributed by atoms with Gasteiger partial charge in [0.25, 0.3) is 0 Å². The molecule has 142 valence electrons. The van der Waals surface area contributed by atoms with Crippen LogP contribution in [0.15, 0.2) is 42.6 Å². The van der Waals surface area contributed by atoms with E-state index in [4.69, 9.17) is 0 Å². The highest BCUT2D eigenvalue weighted by molar-refractivity contribution is 5.93. The van der Waals surface area contributed by atoms with Crippen molar-refractivity contribution in [2.24, 2.45) is 5.92 Å². The molecule has 6 heteroatoms. The predicted molar refractivity (Wildman–Crippen MR) is 108 cm³/mol. The van der Waals surface area contributed by atoms with Gasteiger partial charge in [0.2, 0.25) is 11.9 Å². The Morgan fingerprint density at radius 3 is 2.75 bits per heavy atom. The fourth-order valence-electron chi connectivity index (χ4n) is 3.62. The summed E-state index contributed by atoms with van der Waals surface area (Å²) in [4.78, 5) is 22.0. The van der Waals surface area contributed by atoms with Crippen molar-refractivity contribution in [3.8, 4) is 6.07 Å². The zero-order chi connectivity index (χ0) is 19.7. The van der Waals surface area contributed by atoms with Gasteiger partial charge < -0.3 is 4.57 Å². The number of aromatic nitrogens is 3. The lowest BCUT2D eigenvalue weighted by Gasteiger charge is -2.29. The maximum atomic E-state index is 13.0. The number of benzene rings is 1. The van der Waals surface area contributed by atoms with E-state index in [1.54, 1.807) is 12.3 Å². The van der Waals surface area contributed by atoms with Crippen molar-refractivity contribution in [1.82, 2.24) is 14.5 Å². The fraction of sp³-hybridized carbons (Fsp3) is 0.364. The minimum absolute atomic E-state index is 0.00655. The third-order valence-corrected chi connectivity index (χ3v) is 5.81. The number of carbonyl (C=O) groups excluding carboxylic acids is 1. The van der Waals surface area contributed by atoms with E-state index in [2.05, 4.69) is 25.9 Å². The average molecular weight is 373 g/mol. The van der Waals surface area contributed by atoms with E-state index in [0.29, 0.717) is 17.6 Å². The van der Waals surface area contributed by atoms with Gasteiger partial charge in [-0.05, 0) is 49.6 Å². The maximum absolute atomic E-state index is 13.0. The summed E-state index contributed by atoms with van der Waals surface area (Å²) in [7, 11) is 0. The lowest BCUT2D eigenvalue weighted by atomic mass is 9.91. The molecule has 0 spiro atoms. The Bertz CT molecular complexity index is 1050. The van der Waals surface area contributed by atoms with E-state index in [0.717, 1.165) is 29.6 Å². The smallest absolute Gasteiger partial charge is 0.230 e. The Morgan fingerprint density at radius 2 is 2.11 bits per heavy atom. The van der Waals surface area contributed by atoms with Crippen LogP contribution in [0.4, 0.5) is 5.95 Å². The minimum atomic E-state index is -0.251. The molecule has 1 aliphatic rings. The van der Waals surface area contributed by atoms with Gasteiger partial charge in [0.15, 0.2) is 0 Å². The summed E-state index contributed by atoms with van der Waals surface area (Å²) in [5.74, 6) is 0.238. The molecule has 1 saturated carbocycles. The number of rotatable bonds is 5. The van der Waals surface area contributed by atoms with Crippen LogP contribution in [0.2, 0.25) is 0 Å². The van der Waals surface area contributed by atoms with Crippen LogP contribution in [-0.4, -0.2) is 20.4 Å². The molecule has 1 fully saturated rings. The van der Waals surface area contributed by atoms with Gasteiger partial charge in [-0.2, -0.15) is 5.26 Å². The molecule has 2 aromatic heterocycles. The minimum Gasteiger partial charge on any atom is -0.307 e. The van der Waals surface area contributed by atoms with Crippen LogP contribution in [0.3, 0.4) is 0 Å². The second-order valence-electron chi connectivity index (χ2n) is 7.53. The normalized spacial score (nSPS) is 16.2. The number of imidazole rings is 1. The molecule has 0 saturated heterocycles. The number of carbonyl (C=O) groups is 1. The standard InChI is InChI=1S/C22H23N5O/c1-14(18-8-3-4-11-24-18)15(2)21(28)26-22-25-19-10-9-16(13-23)12-20(19)27(22)17-6-5-7-17/h3-4,8-12,14-15,17H,5-7H2,1-2H3,(H,25,26,28)/t14-,15+/m1/s1. The first kappa shape index (κ1) is 18.2. The molecular weight excluding hydrogens is 350 g/mol. The van der Waals surface area contributed by atoms with Crippen LogP contribution in [0, 0.1) is 17.2 Å². The van der Waals surface area contributed by atoms with Crippen molar-refractivity contribution in [3.05, 3.63) is 53.9 Å². The van der Waals surface area contributed by atoms with E-state index in [1.165, 1.54) is 6.42 Å². The van der Waals surface area contributed by atoms with Crippen LogP contribution in [0.5, 0.6) is 0 Å². The molecule has 2 heterocycles. The van der Waals surface area contributed by atoms with E-state index in [1.807, 2.05) is 44.2 Å². The largest absolute Gasteiger partial charge is 0.307 e. The molecule has 1 amide bonds. The second kappa shape index (κ2) is 7.43. The van der Waals surface area contributed by atoms with Crippen molar-refractivity contribution >= 4 is 22.9 Å². The molecule has 2 atom stereocenters. The first-order chi connectivity index (χ1) is 13.6. The molecular formula is C22H23N5O. The Kier molecular flexibility index (Phi) is 4.82. The number of hydrogen-bond acceptors (Lipinski definition) is 4. The van der Waals surface area contributed by atoms with Gasteiger partial charge in [0.05, 0.1) is 22.7 Å². The van der Waals surface area contributed by atoms with E-state index in [9.17, 15) is 10.1 Å². The highest BCUT2D eigenvalue weighted by atomic mass is 16.2. The monoisotopic (exact) mass is 373 g/mol. The number of amides is 1. The van der Waals surface area contributed by atoms with E-state index < -0.39 is 0 Å². The summed E-state index contributed by atoms with van der Waals surface area (Å²) in [6, 6.07) is 13.7. The first-order valence-corrected chi connectivity index (χ1v) is 9.72. The Labute approximate surface area is 164 Å². The Balaban J connectivity index is 1.63. The Hall–Kier alpha value is -3.20. The molecule has 0 aliphatic heterocycles. The molecule has 6 nitrogen and oxygen atoms in total. The van der Waals surface area contributed by atoms with Crippen LogP contribution < -0.4 is 5.32 Å². The second-order valence-corrected chi connectivity index (χ2v) is 7.53. The summed E-state index contributed by atoms with van der Waals surface area (Å²) in [5.41, 5.74) is 3.20. The number of hydrogen-bond donors (Lipinski definition) is 1. The summed E-state index contributed by atoms with van der Waals surface area (Å²) in [6.07, 6.45) is 5.04. The molecule has 0 bridgehead atoms. The third kappa shape index (κ3) is 3.24. The first-order valence-electron chi connectivity index (χ1n) is 9.72. The number of fused-ring (bicyclic) bond motifs is 1. The number of nitriles is 1. The van der Waals surface area contributed by atoms with Gasteiger partial charge in [-0.3, -0.25) is 15.1 Å². The quantitative estimate of drug-likeness (QED) is 0.718. The van der Waals surface area contributed by atoms with Crippen LogP contribution in [-0.2, 0) is 4.79 Å². The maximum Gasteiger partial charge on any atom is 0.230 e. The number of nitrogens with zero attached hydrogens (tertiary/aromatic N) is 4. The summed E-state index contributed by atoms with van der Waals surface area (Å²) < 4.78 is 2.09. The highest BCUT2D eigenvalue weighted by Gasteiger charge is 2.28. The molecule has 0 radical (unpaired) electrons. The Morgan fingerprint density at radius 1 is 1.29 bits per heavy atom. The number of anilines is 1. The summed E-state index contributed by atoms with van der Waals surface area (Å²) >= 11 is 0. The molecule has 1 N–H and O–H groups in total. The summed E-state index contributed by atoms with van der Waals surface area (Å²) in [6.45, 7) is 3.93. The van der Waals surface area contributed by atoms with Crippen LogP contribution in [0.1, 0.15) is 56.3 Å². The van der Waals surface area contributed by atoms with Gasteiger partial charge >= 0.3 is 0 Å². The zero-order valence-electron chi connectivity index (χ0n) is 16.1. The zero-order valence-corrected chi connectivity index (χ0v) is 16.1. The highest BCUT2D eigenvalue weighted by Crippen LogP contribution is 2.37. The van der Waals surface area contributed by atoms with Crippen molar-refractivity contribution in [3.63, 3.8) is 0 Å². The SMILES string of the molecule is C[C@H](C(=O)Nc1nc2ccc(C#N)cc2n1C1CCC1)[C@@H](C)c1ccccn1. The van der Waals surface area contributed by atoms with Gasteiger partial charge in [-0.25, -0.2) is 4.98 Å². The van der Waals surface area contributed by atoms with Gasteiger partial charge in [0, 0.05) is 29.8 Å². The third-order valence-electron chi connectivity index (χ3n) is 5.81. The number of pyridine rings is 1. The van der Waals surface area contributed by atoms with Crippen LogP contribution >= 0.6 is 0 Å². The molecule has 28 heavy (non-hydrogen) atoms. The lowest BCUT2D eigenvalue weighted by Crippen LogP contribution is -2.28.